The van der Waals surface area contributed by atoms with Gasteiger partial charge in [-0.25, -0.2) is 0 Å². The fourth-order valence-corrected chi connectivity index (χ4v) is 3.50. The molecule has 137 valence electrons. The van der Waals surface area contributed by atoms with Crippen LogP contribution in [0, 0.1) is 5.41 Å². The molecule has 2 rings (SSSR count). The van der Waals surface area contributed by atoms with Gasteiger partial charge in [0.25, 0.3) is 0 Å². The Morgan fingerprint density at radius 2 is 1.72 bits per heavy atom. The molecule has 0 spiro atoms. The minimum absolute atomic E-state index is 0. The first-order valence-corrected chi connectivity index (χ1v) is 13.6. The van der Waals surface area contributed by atoms with Gasteiger partial charge in [-0.05, 0) is 24.7 Å². The van der Waals surface area contributed by atoms with E-state index >= 15 is 0 Å². The molecule has 0 aromatic heterocycles. The molecule has 0 N–H and O–H groups in total. The first kappa shape index (κ1) is 25.6. The molecule has 25 heavy (non-hydrogen) atoms. The molecule has 1 radical (unpaired) electrons. The first-order chi connectivity index (χ1) is 11.3. The third kappa shape index (κ3) is 4.91. The molecule has 1 fully saturated rings. The Morgan fingerprint density at radius 3 is 2.20 bits per heavy atom. The normalized spacial score (nSPS) is 25.2. The van der Waals surface area contributed by atoms with Crippen molar-refractivity contribution in [2.45, 2.75) is 19.3 Å². The Morgan fingerprint density at radius 1 is 1.16 bits per heavy atom. The average Bonchev–Trinajstić information content (AvgIpc) is 2.85. The number of likely N-dealkylation sites (tertiary alicyclic amines) is 1. The van der Waals surface area contributed by atoms with Gasteiger partial charge in [-0.1, -0.05) is 19.9 Å². The van der Waals surface area contributed by atoms with Crippen LogP contribution in [0.15, 0.2) is 23.3 Å². The van der Waals surface area contributed by atoms with Crippen LogP contribution in [0.5, 0.6) is 11.5 Å². The zero-order valence-corrected chi connectivity index (χ0v) is 22.2. The van der Waals surface area contributed by atoms with E-state index in [1.165, 1.54) is 0 Å². The Kier molecular flexibility index (Phi) is 11.1. The number of hydrogen-bond donors (Lipinski definition) is 0. The van der Waals surface area contributed by atoms with E-state index in [0.717, 1.165) is 12.1 Å². The number of rotatable bonds is 4. The smallest absolute Gasteiger partial charge is 0.161 e. The van der Waals surface area contributed by atoms with E-state index in [1.807, 2.05) is 32.2 Å². The van der Waals surface area contributed by atoms with Crippen molar-refractivity contribution in [1.29, 1.82) is 0 Å². The molecule has 0 saturated carbocycles. The summed E-state index contributed by atoms with van der Waals surface area (Å²) in [5, 5.41) is 13.2. The van der Waals surface area contributed by atoms with Crippen LogP contribution in [0.25, 0.3) is 10.9 Å². The minimum atomic E-state index is -0.698. The summed E-state index contributed by atoms with van der Waals surface area (Å²) in [6, 6.07) is 5.73. The minimum Gasteiger partial charge on any atom is -0.842 e. The van der Waals surface area contributed by atoms with Crippen LogP contribution >= 0.6 is 37.2 Å². The zero-order valence-electron chi connectivity index (χ0n) is 15.1. The van der Waals surface area contributed by atoms with Crippen molar-refractivity contribution >= 4 is 43.1 Å². The predicted molar refractivity (Wildman–Crippen MR) is 115 cm³/mol. The van der Waals surface area contributed by atoms with E-state index in [2.05, 4.69) is 54.2 Å². The van der Waals surface area contributed by atoms with Gasteiger partial charge in [0.15, 0.2) is 11.5 Å². The maximum Gasteiger partial charge on any atom is 0.161 e. The molecule has 1 aliphatic heterocycles. The molecule has 1 aliphatic rings. The van der Waals surface area contributed by atoms with Crippen molar-refractivity contribution in [3.8, 4) is 11.5 Å². The van der Waals surface area contributed by atoms with Crippen molar-refractivity contribution in [2.24, 2.45) is 10.5 Å². The Labute approximate surface area is 198 Å². The predicted octanol–water partition coefficient (Wildman–Crippen LogP) is 4.67. The SMILES string of the molecule is COc1ccc(C2(C)CN(C)CC2(C)C(=[N-])N=[N-])cc1OC.II.[Y]. The second-order valence-electron chi connectivity index (χ2n) is 6.33. The number of ether oxygens (including phenoxy) is 2. The number of methoxy groups -OCH3 is 2. The Hall–Kier alpha value is 0.614. The molecule has 0 aliphatic carbocycles. The maximum atomic E-state index is 10.2. The standard InChI is InChI=1S/C16H22N4O2.I2.Y/c1-15(9-20(3)10-16(15,2)14(17)19-18)11-6-7-12(21-4)13(8-11)22-5;1-2;/h6-8H,9-10H2,1-5H3;;/q-2;;. The summed E-state index contributed by atoms with van der Waals surface area (Å²) >= 11 is 4.24. The number of hydrogen-bond acceptors (Lipinski definition) is 3. The van der Waals surface area contributed by atoms with E-state index in [-0.39, 0.29) is 38.5 Å². The van der Waals surface area contributed by atoms with Gasteiger partial charge in [-0.2, -0.15) is 0 Å². The average molecular weight is 645 g/mol. The van der Waals surface area contributed by atoms with Gasteiger partial charge in [-0.15, -0.1) is 5.84 Å². The number of amidine groups is 1. The van der Waals surface area contributed by atoms with Gasteiger partial charge in [0, 0.05) is 93.9 Å². The molecule has 1 aromatic carbocycles. The van der Waals surface area contributed by atoms with E-state index in [1.54, 1.807) is 14.2 Å². The van der Waals surface area contributed by atoms with E-state index in [4.69, 9.17) is 15.0 Å². The van der Waals surface area contributed by atoms with Crippen LogP contribution in [0.2, 0.25) is 0 Å². The van der Waals surface area contributed by atoms with E-state index < -0.39 is 10.8 Å². The van der Waals surface area contributed by atoms with Crippen LogP contribution in [0.4, 0.5) is 0 Å². The molecule has 1 heterocycles. The molecule has 2 unspecified atom stereocenters. The first-order valence-electron chi connectivity index (χ1n) is 7.29. The summed E-state index contributed by atoms with van der Waals surface area (Å²) < 4.78 is 10.7. The fraction of sp³-hybridized carbons (Fsp3) is 0.562. The van der Waals surface area contributed by atoms with Crippen LogP contribution < -0.4 is 9.47 Å². The van der Waals surface area contributed by atoms with Gasteiger partial charge in [0.1, 0.15) is 0 Å². The number of nitrogens with zero attached hydrogens (tertiary/aromatic N) is 4. The van der Waals surface area contributed by atoms with Crippen molar-refractivity contribution in [2.75, 3.05) is 34.4 Å². The third-order valence-electron chi connectivity index (χ3n) is 5.00. The van der Waals surface area contributed by atoms with Crippen LogP contribution in [-0.4, -0.2) is 45.1 Å². The summed E-state index contributed by atoms with van der Waals surface area (Å²) in [6.07, 6.45) is 0. The van der Waals surface area contributed by atoms with Crippen LogP contribution in [0.1, 0.15) is 19.4 Å². The topological polar surface area (TPSA) is 78.7 Å². The molecule has 0 bridgehead atoms. The second-order valence-corrected chi connectivity index (χ2v) is 6.33. The summed E-state index contributed by atoms with van der Waals surface area (Å²) in [5.74, 6) is 1.04. The van der Waals surface area contributed by atoms with Gasteiger partial charge < -0.3 is 30.4 Å². The van der Waals surface area contributed by atoms with Crippen molar-refractivity contribution in [1.82, 2.24) is 4.90 Å². The van der Waals surface area contributed by atoms with Gasteiger partial charge in [0.2, 0.25) is 0 Å². The van der Waals surface area contributed by atoms with Crippen molar-refractivity contribution in [3.63, 3.8) is 0 Å². The van der Waals surface area contributed by atoms with Gasteiger partial charge >= 0.3 is 0 Å². The quantitative estimate of drug-likeness (QED) is 0.207. The molecule has 1 aromatic rings. The van der Waals surface area contributed by atoms with E-state index in [9.17, 15) is 5.41 Å². The molecule has 0 amide bonds. The molecule has 1 saturated heterocycles. The molecule has 6 nitrogen and oxygen atoms in total. The zero-order chi connectivity index (χ0) is 18.5. The summed E-state index contributed by atoms with van der Waals surface area (Å²) in [5.41, 5.74) is 8.95. The summed E-state index contributed by atoms with van der Waals surface area (Å²) in [6.45, 7) is 5.27. The molecular weight excluding hydrogens is 623 g/mol. The van der Waals surface area contributed by atoms with Crippen LogP contribution in [0.3, 0.4) is 0 Å². The number of likely N-dealkylation sites (N-methyl/N-ethyl adjacent to an activating group) is 1. The Bertz CT molecular complexity index is 620. The number of halogens is 2. The molecule has 9 heteroatoms. The van der Waals surface area contributed by atoms with Crippen molar-refractivity contribution in [3.05, 3.63) is 34.7 Å². The van der Waals surface area contributed by atoms with E-state index in [0.29, 0.717) is 18.0 Å². The van der Waals surface area contributed by atoms with Crippen molar-refractivity contribution < 1.29 is 42.2 Å². The molecule has 2 atom stereocenters. The fourth-order valence-electron chi connectivity index (χ4n) is 3.50. The van der Waals surface area contributed by atoms with Gasteiger partial charge in [-0.3, -0.25) is 0 Å². The third-order valence-corrected chi connectivity index (χ3v) is 5.00. The van der Waals surface area contributed by atoms with Gasteiger partial charge in [0.05, 0.1) is 14.2 Å². The molecular formula is C16H22I2N4O2Y-2. The largest absolute Gasteiger partial charge is 0.842 e. The Balaban J connectivity index is 0.00000185. The summed E-state index contributed by atoms with van der Waals surface area (Å²) in [7, 11) is 5.17. The monoisotopic (exact) mass is 645 g/mol. The second kappa shape index (κ2) is 10.8. The summed E-state index contributed by atoms with van der Waals surface area (Å²) in [4.78, 5) is 2.11. The van der Waals surface area contributed by atoms with Crippen LogP contribution in [-0.2, 0) is 38.1 Å². The maximum absolute atomic E-state index is 10.2. The number of benzene rings is 1.